The second kappa shape index (κ2) is 6.18. The van der Waals surface area contributed by atoms with Gasteiger partial charge in [-0.15, -0.1) is 0 Å². The first-order chi connectivity index (χ1) is 9.56. The van der Waals surface area contributed by atoms with E-state index in [-0.39, 0.29) is 19.1 Å². The van der Waals surface area contributed by atoms with Crippen molar-refractivity contribution in [3.8, 4) is 5.75 Å². The molecule has 0 radical (unpaired) electrons. The van der Waals surface area contributed by atoms with Crippen LogP contribution in [0.5, 0.6) is 5.75 Å². The van der Waals surface area contributed by atoms with Gasteiger partial charge in [0.2, 0.25) is 5.89 Å². The average molecular weight is 275 g/mol. The average Bonchev–Trinajstić information content (AvgIpc) is 2.82. The highest BCUT2D eigenvalue weighted by molar-refractivity contribution is 5.77. The Balaban J connectivity index is 1.83. The number of para-hydroxylation sites is 1. The van der Waals surface area contributed by atoms with E-state index >= 15 is 0 Å². The first-order valence-electron chi connectivity index (χ1n) is 6.31. The smallest absolute Gasteiger partial charge is 0.258 e. The van der Waals surface area contributed by atoms with Crippen LogP contribution in [0.25, 0.3) is 0 Å². The first kappa shape index (κ1) is 14.0. The first-order valence-corrected chi connectivity index (χ1v) is 6.31. The molecule has 0 atom stereocenters. The van der Waals surface area contributed by atoms with Gasteiger partial charge in [0.1, 0.15) is 5.75 Å². The molecule has 1 aromatic heterocycles. The van der Waals surface area contributed by atoms with E-state index in [4.69, 9.17) is 9.26 Å². The summed E-state index contributed by atoms with van der Waals surface area (Å²) in [7, 11) is 0. The molecule has 0 saturated carbocycles. The Morgan fingerprint density at radius 3 is 2.60 bits per heavy atom. The van der Waals surface area contributed by atoms with Crippen molar-refractivity contribution in [2.45, 2.75) is 27.3 Å². The van der Waals surface area contributed by atoms with E-state index in [1.165, 1.54) is 0 Å². The van der Waals surface area contributed by atoms with Crippen LogP contribution in [0.3, 0.4) is 0 Å². The highest BCUT2D eigenvalue weighted by atomic mass is 16.5. The maximum absolute atomic E-state index is 11.7. The van der Waals surface area contributed by atoms with Crippen molar-refractivity contribution >= 4 is 5.91 Å². The van der Waals surface area contributed by atoms with Gasteiger partial charge in [-0.1, -0.05) is 23.4 Å². The SMILES string of the molecule is Cc1nc(CNC(=O)COc2c(C)cccc2C)no1. The standard InChI is InChI=1S/C14H17N3O3/c1-9-5-4-6-10(2)14(9)19-8-13(18)15-7-12-16-11(3)20-17-12/h4-6H,7-8H2,1-3H3,(H,15,18). The molecular formula is C14H17N3O3. The summed E-state index contributed by atoms with van der Waals surface area (Å²) in [5.41, 5.74) is 2.01. The molecule has 2 aromatic rings. The number of carbonyl (C=O) groups is 1. The molecule has 6 heteroatoms. The van der Waals surface area contributed by atoms with E-state index in [0.29, 0.717) is 11.7 Å². The van der Waals surface area contributed by atoms with Crippen LogP contribution in [0.15, 0.2) is 22.7 Å². The lowest BCUT2D eigenvalue weighted by atomic mass is 10.1. The number of benzene rings is 1. The zero-order chi connectivity index (χ0) is 14.5. The predicted octanol–water partition coefficient (Wildman–Crippen LogP) is 1.69. The third-order valence-corrected chi connectivity index (χ3v) is 2.77. The zero-order valence-electron chi connectivity index (χ0n) is 11.8. The highest BCUT2D eigenvalue weighted by Gasteiger charge is 2.08. The summed E-state index contributed by atoms with van der Waals surface area (Å²) in [4.78, 5) is 15.7. The van der Waals surface area contributed by atoms with Gasteiger partial charge in [-0.25, -0.2) is 0 Å². The summed E-state index contributed by atoms with van der Waals surface area (Å²) in [5, 5.41) is 6.37. The summed E-state index contributed by atoms with van der Waals surface area (Å²) in [5.74, 6) is 1.44. The molecule has 106 valence electrons. The van der Waals surface area contributed by atoms with E-state index in [1.807, 2.05) is 32.0 Å². The van der Waals surface area contributed by atoms with Gasteiger partial charge >= 0.3 is 0 Å². The van der Waals surface area contributed by atoms with E-state index in [2.05, 4.69) is 15.5 Å². The Bertz CT molecular complexity index is 587. The fourth-order valence-electron chi connectivity index (χ4n) is 1.81. The van der Waals surface area contributed by atoms with E-state index in [0.717, 1.165) is 16.9 Å². The van der Waals surface area contributed by atoms with Crippen molar-refractivity contribution < 1.29 is 14.1 Å². The largest absolute Gasteiger partial charge is 0.483 e. The topological polar surface area (TPSA) is 77.2 Å². The summed E-state index contributed by atoms with van der Waals surface area (Å²) in [6.45, 7) is 5.78. The van der Waals surface area contributed by atoms with Crippen LogP contribution < -0.4 is 10.1 Å². The lowest BCUT2D eigenvalue weighted by molar-refractivity contribution is -0.123. The van der Waals surface area contributed by atoms with Crippen molar-refractivity contribution in [2.24, 2.45) is 0 Å². The number of nitrogens with one attached hydrogen (secondary N) is 1. The number of hydrogen-bond donors (Lipinski definition) is 1. The third kappa shape index (κ3) is 3.57. The molecule has 1 heterocycles. The molecule has 0 aliphatic rings. The maximum Gasteiger partial charge on any atom is 0.258 e. The molecule has 0 unspecified atom stereocenters. The number of aryl methyl sites for hydroxylation is 3. The number of amides is 1. The minimum Gasteiger partial charge on any atom is -0.483 e. The van der Waals surface area contributed by atoms with Crippen molar-refractivity contribution in [3.05, 3.63) is 41.0 Å². The lowest BCUT2D eigenvalue weighted by Crippen LogP contribution is -2.29. The molecule has 0 saturated heterocycles. The number of aromatic nitrogens is 2. The van der Waals surface area contributed by atoms with Gasteiger partial charge in [0.25, 0.3) is 5.91 Å². The monoisotopic (exact) mass is 275 g/mol. The quantitative estimate of drug-likeness (QED) is 0.898. The summed E-state index contributed by atoms with van der Waals surface area (Å²) < 4.78 is 10.4. The Labute approximate surface area is 117 Å². The number of rotatable bonds is 5. The fourth-order valence-corrected chi connectivity index (χ4v) is 1.81. The van der Waals surface area contributed by atoms with Gasteiger partial charge in [0.15, 0.2) is 12.4 Å². The molecule has 1 aromatic carbocycles. The van der Waals surface area contributed by atoms with E-state index in [1.54, 1.807) is 6.92 Å². The summed E-state index contributed by atoms with van der Waals surface area (Å²) in [6, 6.07) is 5.85. The second-order valence-electron chi connectivity index (χ2n) is 4.52. The van der Waals surface area contributed by atoms with Crippen LogP contribution in [0.4, 0.5) is 0 Å². The number of ether oxygens (including phenoxy) is 1. The number of carbonyl (C=O) groups excluding carboxylic acids is 1. The maximum atomic E-state index is 11.7. The predicted molar refractivity (Wildman–Crippen MR) is 72.3 cm³/mol. The van der Waals surface area contributed by atoms with Crippen LogP contribution in [0.2, 0.25) is 0 Å². The zero-order valence-corrected chi connectivity index (χ0v) is 11.8. The fraction of sp³-hybridized carbons (Fsp3) is 0.357. The summed E-state index contributed by atoms with van der Waals surface area (Å²) >= 11 is 0. The van der Waals surface area contributed by atoms with Crippen molar-refractivity contribution in [1.82, 2.24) is 15.5 Å². The van der Waals surface area contributed by atoms with Gasteiger partial charge in [0, 0.05) is 6.92 Å². The molecule has 0 aliphatic carbocycles. The lowest BCUT2D eigenvalue weighted by Gasteiger charge is -2.11. The van der Waals surface area contributed by atoms with Crippen LogP contribution in [-0.2, 0) is 11.3 Å². The molecule has 20 heavy (non-hydrogen) atoms. The number of nitrogens with zero attached hydrogens (tertiary/aromatic N) is 2. The van der Waals surface area contributed by atoms with Gasteiger partial charge < -0.3 is 14.6 Å². The molecule has 0 bridgehead atoms. The van der Waals surface area contributed by atoms with Crippen LogP contribution in [0.1, 0.15) is 22.8 Å². The number of hydrogen-bond acceptors (Lipinski definition) is 5. The molecule has 0 aliphatic heterocycles. The molecule has 0 fully saturated rings. The minimum atomic E-state index is -0.227. The van der Waals surface area contributed by atoms with E-state index < -0.39 is 0 Å². The van der Waals surface area contributed by atoms with Crippen LogP contribution >= 0.6 is 0 Å². The van der Waals surface area contributed by atoms with Crippen molar-refractivity contribution in [3.63, 3.8) is 0 Å². The summed E-state index contributed by atoms with van der Waals surface area (Å²) in [6.07, 6.45) is 0. The molecule has 1 N–H and O–H groups in total. The molecule has 0 spiro atoms. The highest BCUT2D eigenvalue weighted by Crippen LogP contribution is 2.21. The van der Waals surface area contributed by atoms with Gasteiger partial charge in [-0.2, -0.15) is 4.98 Å². The van der Waals surface area contributed by atoms with E-state index in [9.17, 15) is 4.79 Å². The van der Waals surface area contributed by atoms with Crippen LogP contribution in [-0.4, -0.2) is 22.7 Å². The second-order valence-corrected chi connectivity index (χ2v) is 4.52. The van der Waals surface area contributed by atoms with Gasteiger partial charge in [0.05, 0.1) is 6.54 Å². The minimum absolute atomic E-state index is 0.0392. The van der Waals surface area contributed by atoms with Crippen molar-refractivity contribution in [1.29, 1.82) is 0 Å². The Morgan fingerprint density at radius 2 is 2.00 bits per heavy atom. The molecule has 1 amide bonds. The normalized spacial score (nSPS) is 10.3. The van der Waals surface area contributed by atoms with Gasteiger partial charge in [-0.05, 0) is 25.0 Å². The van der Waals surface area contributed by atoms with Crippen molar-refractivity contribution in [2.75, 3.05) is 6.61 Å². The molecule has 6 nitrogen and oxygen atoms in total. The molecule has 2 rings (SSSR count). The Morgan fingerprint density at radius 1 is 1.30 bits per heavy atom. The van der Waals surface area contributed by atoms with Gasteiger partial charge in [-0.3, -0.25) is 4.79 Å². The van der Waals surface area contributed by atoms with Crippen LogP contribution in [0, 0.1) is 20.8 Å². The Hall–Kier alpha value is -2.37. The third-order valence-electron chi connectivity index (χ3n) is 2.77. The Kier molecular flexibility index (Phi) is 4.34. The molecular weight excluding hydrogens is 258 g/mol.